The summed E-state index contributed by atoms with van der Waals surface area (Å²) >= 11 is 0. The number of carbonyl (C=O) groups excluding carboxylic acids is 1. The molecule has 0 aliphatic rings. The summed E-state index contributed by atoms with van der Waals surface area (Å²) in [7, 11) is 4.85. The largest absolute Gasteiger partial charge is 0.382 e. The molecule has 14 heteroatoms. The van der Waals surface area contributed by atoms with Gasteiger partial charge < -0.3 is 29.9 Å². The van der Waals surface area contributed by atoms with E-state index < -0.39 is 32.3 Å². The van der Waals surface area contributed by atoms with Gasteiger partial charge in [0.15, 0.2) is 5.82 Å². The van der Waals surface area contributed by atoms with Gasteiger partial charge >= 0.3 is 0 Å². The van der Waals surface area contributed by atoms with E-state index in [1.54, 1.807) is 20.3 Å². The molecule has 0 fully saturated rings. The number of fused-ring (bicyclic) bond motifs is 1. The molecular formula is C31H38F2N6O5S. The van der Waals surface area contributed by atoms with Gasteiger partial charge in [-0.15, -0.1) is 0 Å². The highest BCUT2D eigenvalue weighted by Gasteiger charge is 2.23. The van der Waals surface area contributed by atoms with Crippen LogP contribution in [0.4, 0.5) is 26.0 Å². The van der Waals surface area contributed by atoms with Gasteiger partial charge in [-0.1, -0.05) is 0 Å². The van der Waals surface area contributed by atoms with E-state index in [1.165, 1.54) is 18.2 Å². The van der Waals surface area contributed by atoms with Crippen LogP contribution in [0.25, 0.3) is 10.9 Å². The molecule has 0 aliphatic carbocycles. The van der Waals surface area contributed by atoms with Gasteiger partial charge in [0, 0.05) is 56.7 Å². The van der Waals surface area contributed by atoms with Crippen molar-refractivity contribution in [3.63, 3.8) is 0 Å². The number of nitrogens with one attached hydrogen (secondary N) is 3. The summed E-state index contributed by atoms with van der Waals surface area (Å²) < 4.78 is 64.7. The van der Waals surface area contributed by atoms with Crippen LogP contribution in [0.5, 0.6) is 0 Å². The second-order valence-corrected chi connectivity index (χ2v) is 13.0. The molecular weight excluding hydrogens is 606 g/mol. The monoisotopic (exact) mass is 644 g/mol. The van der Waals surface area contributed by atoms with E-state index in [2.05, 4.69) is 37.6 Å². The number of carbonyl (C=O) groups is 1. The lowest BCUT2D eigenvalue weighted by Gasteiger charge is -2.30. The second-order valence-electron chi connectivity index (χ2n) is 11.0. The molecule has 1 unspecified atom stereocenters. The molecule has 3 N–H and O–H groups in total. The molecule has 1 aromatic heterocycles. The van der Waals surface area contributed by atoms with Gasteiger partial charge in [0.1, 0.15) is 11.6 Å². The third kappa shape index (κ3) is 7.95. The Kier molecular flexibility index (Phi) is 10.8. The van der Waals surface area contributed by atoms with Gasteiger partial charge in [-0.3, -0.25) is 9.89 Å². The van der Waals surface area contributed by atoms with Crippen molar-refractivity contribution in [3.05, 3.63) is 71.8 Å². The van der Waals surface area contributed by atoms with Crippen molar-refractivity contribution < 1.29 is 31.5 Å². The van der Waals surface area contributed by atoms with Crippen LogP contribution >= 0.6 is 0 Å². The summed E-state index contributed by atoms with van der Waals surface area (Å²) in [4.78, 5) is 17.2. The van der Waals surface area contributed by atoms with Gasteiger partial charge in [-0.25, -0.2) is 17.2 Å². The summed E-state index contributed by atoms with van der Waals surface area (Å²) in [5.41, 5.74) is 2.16. The molecule has 0 bridgehead atoms. The number of anilines is 3. The van der Waals surface area contributed by atoms with Crippen LogP contribution in [-0.2, 0) is 19.3 Å². The highest BCUT2D eigenvalue weighted by atomic mass is 32.2. The van der Waals surface area contributed by atoms with Gasteiger partial charge in [0.05, 0.1) is 40.1 Å². The maximum Gasteiger partial charge on any atom is 0.258 e. The molecule has 1 heterocycles. The number of hydrogen-bond donors (Lipinski definition) is 3. The van der Waals surface area contributed by atoms with E-state index in [1.807, 2.05) is 33.3 Å². The first-order chi connectivity index (χ1) is 21.3. The standard InChI is InChI=1S/C31H38F2N6O5S/c1-19(16-38(2)3)39(4)23-7-9-26(29(14-23)34-22(17-43-5)18-44-6)31(40)35-30-27-15-24(8-10-28(27)36-37-30)45(41,42)25-12-20(32)11-21(33)13-25/h7-15,19,22,34H,16-18H2,1-6H3,(H2,35,36,37,40). The molecule has 0 saturated heterocycles. The highest BCUT2D eigenvalue weighted by molar-refractivity contribution is 7.91. The molecule has 1 atom stereocenters. The number of aromatic amines is 1. The zero-order chi connectivity index (χ0) is 32.9. The van der Waals surface area contributed by atoms with Gasteiger partial charge in [0.2, 0.25) is 9.84 Å². The number of nitrogens with zero attached hydrogens (tertiary/aromatic N) is 3. The van der Waals surface area contributed by atoms with Crippen LogP contribution in [0.15, 0.2) is 64.4 Å². The smallest absolute Gasteiger partial charge is 0.258 e. The number of aromatic nitrogens is 2. The Balaban J connectivity index is 1.69. The van der Waals surface area contributed by atoms with Crippen LogP contribution in [0.2, 0.25) is 0 Å². The van der Waals surface area contributed by atoms with Gasteiger partial charge in [0.25, 0.3) is 5.91 Å². The van der Waals surface area contributed by atoms with E-state index in [4.69, 9.17) is 9.47 Å². The minimum atomic E-state index is -4.29. The number of H-pyrrole nitrogens is 1. The van der Waals surface area contributed by atoms with E-state index in [0.29, 0.717) is 41.4 Å². The quantitative estimate of drug-likeness (QED) is 0.183. The van der Waals surface area contributed by atoms with Crippen LogP contribution in [0, 0.1) is 11.6 Å². The molecule has 242 valence electrons. The number of ether oxygens (including phenoxy) is 2. The predicted octanol–water partition coefficient (Wildman–Crippen LogP) is 4.39. The number of sulfone groups is 1. The third-order valence-corrected chi connectivity index (χ3v) is 8.99. The van der Waals surface area contributed by atoms with Crippen molar-refractivity contribution in [2.45, 2.75) is 28.8 Å². The van der Waals surface area contributed by atoms with E-state index in [-0.39, 0.29) is 22.8 Å². The maximum absolute atomic E-state index is 13.8. The fraction of sp³-hybridized carbons (Fsp3) is 0.355. The molecule has 11 nitrogen and oxygen atoms in total. The Bertz CT molecular complexity index is 1740. The zero-order valence-corrected chi connectivity index (χ0v) is 26.8. The van der Waals surface area contributed by atoms with E-state index >= 15 is 0 Å². The second kappa shape index (κ2) is 14.3. The van der Waals surface area contributed by atoms with Crippen molar-refractivity contribution in [3.8, 4) is 0 Å². The first kappa shape index (κ1) is 33.8. The molecule has 0 radical (unpaired) electrons. The molecule has 0 saturated carbocycles. The lowest BCUT2D eigenvalue weighted by Crippen LogP contribution is -2.37. The summed E-state index contributed by atoms with van der Waals surface area (Å²) in [5.74, 6) is -2.46. The van der Waals surface area contributed by atoms with Crippen molar-refractivity contribution in [1.29, 1.82) is 0 Å². The third-order valence-electron chi connectivity index (χ3n) is 7.26. The number of amides is 1. The molecule has 1 amide bonds. The molecule has 0 spiro atoms. The average molecular weight is 645 g/mol. The van der Waals surface area contributed by atoms with Crippen LogP contribution < -0.4 is 15.5 Å². The normalized spacial score (nSPS) is 12.6. The van der Waals surface area contributed by atoms with E-state index in [9.17, 15) is 22.0 Å². The van der Waals surface area contributed by atoms with Crippen molar-refractivity contribution >= 4 is 43.8 Å². The minimum absolute atomic E-state index is 0.0783. The number of halogens is 2. The zero-order valence-electron chi connectivity index (χ0n) is 26.0. The van der Waals surface area contributed by atoms with Crippen LogP contribution in [0.1, 0.15) is 17.3 Å². The topological polar surface area (TPSA) is 129 Å². The number of hydrogen-bond acceptors (Lipinski definition) is 9. The Labute approximate surface area is 261 Å². The van der Waals surface area contributed by atoms with Crippen LogP contribution in [-0.4, -0.2) is 96.6 Å². The SMILES string of the molecule is COCC(COC)Nc1cc(N(C)C(C)CN(C)C)ccc1C(=O)Nc1n[nH]c2ccc(S(=O)(=O)c3cc(F)cc(F)c3)cc12. The first-order valence-electron chi connectivity index (χ1n) is 14.1. The van der Waals surface area contributed by atoms with E-state index in [0.717, 1.165) is 24.4 Å². The number of rotatable bonds is 14. The Hall–Kier alpha value is -4.11. The van der Waals surface area contributed by atoms with Crippen molar-refractivity contribution in [2.75, 3.05) is 70.7 Å². The number of benzene rings is 3. The molecule has 45 heavy (non-hydrogen) atoms. The number of likely N-dealkylation sites (N-methyl/N-ethyl adjacent to an activating group) is 2. The summed E-state index contributed by atoms with van der Waals surface area (Å²) in [5, 5.41) is 13.4. The number of methoxy groups -OCH3 is 2. The fourth-order valence-electron chi connectivity index (χ4n) is 4.98. The van der Waals surface area contributed by atoms with Crippen LogP contribution in [0.3, 0.4) is 0 Å². The van der Waals surface area contributed by atoms with Gasteiger partial charge in [-0.05, 0) is 69.6 Å². The Morgan fingerprint density at radius 3 is 2.24 bits per heavy atom. The Morgan fingerprint density at radius 2 is 1.62 bits per heavy atom. The Morgan fingerprint density at radius 1 is 0.956 bits per heavy atom. The molecule has 0 aliphatic heterocycles. The maximum atomic E-state index is 13.8. The molecule has 4 aromatic rings. The molecule has 3 aromatic carbocycles. The summed E-state index contributed by atoms with van der Waals surface area (Å²) in [6.45, 7) is 3.56. The molecule has 4 rings (SSSR count). The lowest BCUT2D eigenvalue weighted by atomic mass is 10.1. The van der Waals surface area contributed by atoms with Gasteiger partial charge in [-0.2, -0.15) is 5.10 Å². The van der Waals surface area contributed by atoms with Crippen molar-refractivity contribution in [1.82, 2.24) is 15.1 Å². The average Bonchev–Trinajstić information content (AvgIpc) is 3.37. The lowest BCUT2D eigenvalue weighted by molar-refractivity contribution is 0.102. The van der Waals surface area contributed by atoms with Crippen molar-refractivity contribution in [2.24, 2.45) is 0 Å². The minimum Gasteiger partial charge on any atom is -0.382 e. The fourth-order valence-corrected chi connectivity index (χ4v) is 6.31. The predicted molar refractivity (Wildman–Crippen MR) is 170 cm³/mol. The highest BCUT2D eigenvalue weighted by Crippen LogP contribution is 2.30. The summed E-state index contributed by atoms with van der Waals surface area (Å²) in [6, 6.07) is 11.5. The first-order valence-corrected chi connectivity index (χ1v) is 15.6. The summed E-state index contributed by atoms with van der Waals surface area (Å²) in [6.07, 6.45) is 0.